The fraction of sp³-hybridized carbons (Fsp3) is 0.355. The van der Waals surface area contributed by atoms with Gasteiger partial charge in [-0.25, -0.2) is 0 Å². The smallest absolute Gasteiger partial charge is 0.261 e. The van der Waals surface area contributed by atoms with Crippen molar-refractivity contribution in [2.75, 3.05) is 6.61 Å². The first-order valence-corrected chi connectivity index (χ1v) is 12.7. The average molecular weight is 487 g/mol. The van der Waals surface area contributed by atoms with E-state index in [1.165, 1.54) is 0 Å². The van der Waals surface area contributed by atoms with E-state index >= 15 is 0 Å². The van der Waals surface area contributed by atoms with Crippen LogP contribution in [0.2, 0.25) is 0 Å². The number of amides is 2. The van der Waals surface area contributed by atoms with Crippen molar-refractivity contribution < 1.29 is 14.3 Å². The van der Waals surface area contributed by atoms with Crippen LogP contribution in [0.3, 0.4) is 0 Å². The van der Waals surface area contributed by atoms with Crippen LogP contribution in [0, 0.1) is 20.8 Å². The van der Waals surface area contributed by atoms with E-state index in [0.29, 0.717) is 18.7 Å². The number of ether oxygens (including phenoxy) is 1. The van der Waals surface area contributed by atoms with Gasteiger partial charge in [0.15, 0.2) is 6.61 Å². The van der Waals surface area contributed by atoms with Crippen LogP contribution in [0.5, 0.6) is 5.75 Å². The Hall–Kier alpha value is -3.60. The molecule has 0 spiro atoms. The van der Waals surface area contributed by atoms with Gasteiger partial charge >= 0.3 is 0 Å². The van der Waals surface area contributed by atoms with Crippen LogP contribution in [0.4, 0.5) is 0 Å². The van der Waals surface area contributed by atoms with E-state index in [0.717, 1.165) is 34.2 Å². The van der Waals surface area contributed by atoms with Gasteiger partial charge in [-0.15, -0.1) is 0 Å². The van der Waals surface area contributed by atoms with E-state index < -0.39 is 6.04 Å². The molecule has 0 saturated heterocycles. The molecule has 3 aromatic rings. The van der Waals surface area contributed by atoms with E-state index in [9.17, 15) is 9.59 Å². The monoisotopic (exact) mass is 486 g/mol. The molecule has 3 rings (SSSR count). The van der Waals surface area contributed by atoms with Crippen molar-refractivity contribution in [2.45, 2.75) is 66.1 Å². The third-order valence-corrected chi connectivity index (χ3v) is 6.58. The van der Waals surface area contributed by atoms with Crippen LogP contribution in [-0.2, 0) is 22.6 Å². The molecule has 0 aromatic heterocycles. The largest absolute Gasteiger partial charge is 0.483 e. The highest BCUT2D eigenvalue weighted by molar-refractivity contribution is 5.88. The summed E-state index contributed by atoms with van der Waals surface area (Å²) in [5.41, 5.74) is 5.17. The highest BCUT2D eigenvalue weighted by Crippen LogP contribution is 2.24. The lowest BCUT2D eigenvalue weighted by atomic mass is 10.0. The van der Waals surface area contributed by atoms with E-state index in [1.54, 1.807) is 4.90 Å². The molecule has 190 valence electrons. The van der Waals surface area contributed by atoms with Crippen LogP contribution in [0.15, 0.2) is 72.8 Å². The first kappa shape index (κ1) is 27.0. The summed E-state index contributed by atoms with van der Waals surface area (Å²) in [5, 5.41) is 3.10. The highest BCUT2D eigenvalue weighted by Gasteiger charge is 2.31. The van der Waals surface area contributed by atoms with Gasteiger partial charge in [-0.1, -0.05) is 73.7 Å². The summed E-state index contributed by atoms with van der Waals surface area (Å²) in [6, 6.07) is 23.0. The van der Waals surface area contributed by atoms with Crippen molar-refractivity contribution in [3.05, 3.63) is 101 Å². The van der Waals surface area contributed by atoms with Crippen molar-refractivity contribution in [1.82, 2.24) is 10.2 Å². The van der Waals surface area contributed by atoms with Gasteiger partial charge in [0.1, 0.15) is 11.8 Å². The summed E-state index contributed by atoms with van der Waals surface area (Å²) in [6.07, 6.45) is 1.23. The number of benzene rings is 3. The van der Waals surface area contributed by atoms with Gasteiger partial charge in [-0.3, -0.25) is 9.59 Å². The van der Waals surface area contributed by atoms with Crippen LogP contribution >= 0.6 is 0 Å². The second-order valence-corrected chi connectivity index (χ2v) is 9.52. The Kier molecular flexibility index (Phi) is 9.69. The summed E-state index contributed by atoms with van der Waals surface area (Å²) >= 11 is 0. The minimum absolute atomic E-state index is 0.0126. The topological polar surface area (TPSA) is 58.6 Å². The van der Waals surface area contributed by atoms with Crippen LogP contribution in [0.25, 0.3) is 0 Å². The summed E-state index contributed by atoms with van der Waals surface area (Å²) in [5.74, 6) is 0.321. The molecule has 0 fully saturated rings. The van der Waals surface area contributed by atoms with Gasteiger partial charge in [0.2, 0.25) is 5.91 Å². The molecule has 0 unspecified atom stereocenters. The minimum Gasteiger partial charge on any atom is -0.483 e. The van der Waals surface area contributed by atoms with Gasteiger partial charge in [-0.2, -0.15) is 0 Å². The molecular weight excluding hydrogens is 448 g/mol. The number of carbonyl (C=O) groups is 2. The highest BCUT2D eigenvalue weighted by atomic mass is 16.5. The third-order valence-electron chi connectivity index (χ3n) is 6.58. The Bertz CT molecular complexity index is 1150. The number of rotatable bonds is 11. The number of nitrogens with one attached hydrogen (secondary N) is 1. The normalized spacial score (nSPS) is 12.5. The maximum Gasteiger partial charge on any atom is 0.261 e. The van der Waals surface area contributed by atoms with Gasteiger partial charge < -0.3 is 15.0 Å². The van der Waals surface area contributed by atoms with E-state index in [1.807, 2.05) is 101 Å². The molecule has 0 radical (unpaired) electrons. The van der Waals surface area contributed by atoms with E-state index in [2.05, 4.69) is 11.4 Å². The van der Waals surface area contributed by atoms with Gasteiger partial charge in [0.25, 0.3) is 5.91 Å². The molecule has 0 saturated carbocycles. The molecule has 2 amide bonds. The molecule has 2 atom stereocenters. The number of aryl methyl sites for hydroxylation is 2. The Balaban J connectivity index is 1.92. The Labute approximate surface area is 215 Å². The second kappa shape index (κ2) is 12.9. The molecule has 0 aliphatic rings. The van der Waals surface area contributed by atoms with Crippen LogP contribution in [0.1, 0.15) is 48.1 Å². The molecule has 0 aliphatic heterocycles. The lowest BCUT2D eigenvalue weighted by molar-refractivity contribution is -0.143. The predicted octanol–water partition coefficient (Wildman–Crippen LogP) is 5.55. The lowest BCUT2D eigenvalue weighted by Crippen LogP contribution is -2.53. The van der Waals surface area contributed by atoms with Crippen molar-refractivity contribution in [3.8, 4) is 5.75 Å². The van der Waals surface area contributed by atoms with Gasteiger partial charge in [0.05, 0.1) is 0 Å². The Morgan fingerprint density at radius 3 is 2.14 bits per heavy atom. The summed E-state index contributed by atoms with van der Waals surface area (Å²) in [4.78, 5) is 28.9. The third kappa shape index (κ3) is 7.45. The molecule has 0 aliphatic carbocycles. The van der Waals surface area contributed by atoms with E-state index in [4.69, 9.17) is 4.74 Å². The molecule has 3 aromatic carbocycles. The predicted molar refractivity (Wildman–Crippen MR) is 145 cm³/mol. The van der Waals surface area contributed by atoms with Crippen molar-refractivity contribution >= 4 is 11.8 Å². The zero-order valence-corrected chi connectivity index (χ0v) is 22.1. The Morgan fingerprint density at radius 1 is 0.917 bits per heavy atom. The number of hydrogen-bond donors (Lipinski definition) is 1. The number of nitrogens with zero attached hydrogens (tertiary/aromatic N) is 1. The average Bonchev–Trinajstić information content (AvgIpc) is 2.88. The standard InChI is InChI=1S/C31H38N2O3/c1-6-24(4)32-31(35)28(19-26-13-9-7-10-14-26)33(20-27-15-11-8-12-16-27)30(34)21-36-29-18-22(2)17-23(3)25(29)5/h7-18,24,28H,6,19-21H2,1-5H3,(H,32,35)/t24-,28-/m1/s1. The molecule has 0 heterocycles. The number of hydrogen-bond acceptors (Lipinski definition) is 3. The van der Waals surface area contributed by atoms with E-state index in [-0.39, 0.29) is 24.5 Å². The Morgan fingerprint density at radius 2 is 1.53 bits per heavy atom. The zero-order valence-electron chi connectivity index (χ0n) is 22.1. The first-order chi connectivity index (χ1) is 17.3. The SMILES string of the molecule is CC[C@@H](C)NC(=O)[C@@H](Cc1ccccc1)N(Cc1ccccc1)C(=O)COc1cc(C)cc(C)c1C. The van der Waals surface area contributed by atoms with Crippen molar-refractivity contribution in [3.63, 3.8) is 0 Å². The van der Waals surface area contributed by atoms with Crippen LogP contribution in [-0.4, -0.2) is 35.4 Å². The molecular formula is C31H38N2O3. The fourth-order valence-corrected chi connectivity index (χ4v) is 4.15. The lowest BCUT2D eigenvalue weighted by Gasteiger charge is -2.32. The molecule has 36 heavy (non-hydrogen) atoms. The minimum atomic E-state index is -0.668. The number of carbonyl (C=O) groups excluding carboxylic acids is 2. The zero-order chi connectivity index (χ0) is 26.1. The van der Waals surface area contributed by atoms with Crippen molar-refractivity contribution in [1.29, 1.82) is 0 Å². The first-order valence-electron chi connectivity index (χ1n) is 12.7. The second-order valence-electron chi connectivity index (χ2n) is 9.52. The van der Waals surface area contributed by atoms with Crippen molar-refractivity contribution in [2.24, 2.45) is 0 Å². The maximum absolute atomic E-state index is 13.7. The van der Waals surface area contributed by atoms with Crippen LogP contribution < -0.4 is 10.1 Å². The molecule has 1 N–H and O–H groups in total. The summed E-state index contributed by atoms with van der Waals surface area (Å²) < 4.78 is 6.04. The van der Waals surface area contributed by atoms with Gasteiger partial charge in [-0.05, 0) is 68.0 Å². The molecule has 5 nitrogen and oxygen atoms in total. The van der Waals surface area contributed by atoms with Gasteiger partial charge in [0, 0.05) is 19.0 Å². The quantitative estimate of drug-likeness (QED) is 0.387. The molecule has 5 heteroatoms. The molecule has 0 bridgehead atoms. The summed E-state index contributed by atoms with van der Waals surface area (Å²) in [7, 11) is 0. The fourth-order valence-electron chi connectivity index (χ4n) is 4.15. The summed E-state index contributed by atoms with van der Waals surface area (Å²) in [6.45, 7) is 10.2. The maximum atomic E-state index is 13.7.